The summed E-state index contributed by atoms with van der Waals surface area (Å²) in [6.45, 7) is 0. The van der Waals surface area contributed by atoms with E-state index in [-0.39, 0.29) is 17.4 Å². The third-order valence-electron chi connectivity index (χ3n) is 3.25. The minimum Gasteiger partial charge on any atom is -0.508 e. The lowest BCUT2D eigenvalue weighted by molar-refractivity contribution is -0.118. The van der Waals surface area contributed by atoms with E-state index in [9.17, 15) is 9.90 Å². The lowest BCUT2D eigenvalue weighted by atomic mass is 10.2. The van der Waals surface area contributed by atoms with E-state index in [2.05, 4.69) is 15.5 Å². The highest BCUT2D eigenvalue weighted by Gasteiger charge is 2.05. The topological polar surface area (TPSA) is 74.6 Å². The molecule has 0 radical (unpaired) electrons. The molecule has 120 valence electrons. The van der Waals surface area contributed by atoms with Gasteiger partial charge in [-0.25, -0.2) is 5.43 Å². The number of nitrogens with zero attached hydrogens (tertiary/aromatic N) is 2. The van der Waals surface area contributed by atoms with Gasteiger partial charge in [0.1, 0.15) is 5.75 Å². The normalized spacial score (nSPS) is 11.0. The molecule has 3 rings (SSSR count). The molecule has 2 N–H and O–H groups in total. The SMILES string of the molecule is O=C(CSc1cccc2cccnc12)N/N=C/c1ccc(O)cc1. The van der Waals surface area contributed by atoms with E-state index in [0.717, 1.165) is 21.4 Å². The third kappa shape index (κ3) is 4.11. The maximum Gasteiger partial charge on any atom is 0.250 e. The van der Waals surface area contributed by atoms with Crippen molar-refractivity contribution in [3.05, 3.63) is 66.4 Å². The molecule has 1 amide bonds. The lowest BCUT2D eigenvalue weighted by Crippen LogP contribution is -2.19. The summed E-state index contributed by atoms with van der Waals surface area (Å²) in [5, 5.41) is 14.2. The number of hydrogen-bond acceptors (Lipinski definition) is 5. The number of fused-ring (bicyclic) bond motifs is 1. The molecule has 0 saturated carbocycles. The van der Waals surface area contributed by atoms with Crippen molar-refractivity contribution in [1.82, 2.24) is 10.4 Å². The molecule has 2 aromatic carbocycles. The molecular formula is C18H15N3O2S. The summed E-state index contributed by atoms with van der Waals surface area (Å²) in [5.41, 5.74) is 4.18. The van der Waals surface area contributed by atoms with E-state index in [1.165, 1.54) is 18.0 Å². The number of phenolic OH excluding ortho intramolecular Hbond substituents is 1. The second-order valence-corrected chi connectivity index (χ2v) is 6.02. The Hall–Kier alpha value is -2.86. The Labute approximate surface area is 143 Å². The summed E-state index contributed by atoms with van der Waals surface area (Å²) in [4.78, 5) is 17.2. The number of aromatic hydroxyl groups is 1. The standard InChI is InChI=1S/C18H15N3O2S/c22-15-8-6-13(7-9-15)11-20-21-17(23)12-24-16-5-1-3-14-4-2-10-19-18(14)16/h1-11,22H,12H2,(H,21,23)/b20-11+. The molecule has 1 aromatic heterocycles. The fraction of sp³-hybridized carbons (Fsp3) is 0.0556. The Morgan fingerprint density at radius 2 is 1.96 bits per heavy atom. The molecule has 0 unspecified atom stereocenters. The predicted molar refractivity (Wildman–Crippen MR) is 96.3 cm³/mol. The van der Waals surface area contributed by atoms with Crippen molar-refractivity contribution in [1.29, 1.82) is 0 Å². The molecular weight excluding hydrogens is 322 g/mol. The molecule has 0 spiro atoms. The number of nitrogens with one attached hydrogen (secondary N) is 1. The van der Waals surface area contributed by atoms with Crippen LogP contribution >= 0.6 is 11.8 Å². The number of phenols is 1. The van der Waals surface area contributed by atoms with Crippen molar-refractivity contribution in [2.75, 3.05) is 5.75 Å². The van der Waals surface area contributed by atoms with Gasteiger partial charge in [-0.1, -0.05) is 18.2 Å². The van der Waals surface area contributed by atoms with Crippen LogP contribution in [-0.2, 0) is 4.79 Å². The van der Waals surface area contributed by atoms with Gasteiger partial charge in [-0.05, 0) is 42.0 Å². The number of benzene rings is 2. The maximum atomic E-state index is 11.9. The van der Waals surface area contributed by atoms with E-state index >= 15 is 0 Å². The summed E-state index contributed by atoms with van der Waals surface area (Å²) >= 11 is 1.42. The van der Waals surface area contributed by atoms with Crippen LogP contribution in [0, 0.1) is 0 Å². The van der Waals surface area contributed by atoms with E-state index in [0.29, 0.717) is 0 Å². The first kappa shape index (κ1) is 16.0. The number of pyridine rings is 1. The van der Waals surface area contributed by atoms with Gasteiger partial charge in [-0.15, -0.1) is 11.8 Å². The smallest absolute Gasteiger partial charge is 0.250 e. The quantitative estimate of drug-likeness (QED) is 0.426. The minimum absolute atomic E-state index is 0.191. The molecule has 24 heavy (non-hydrogen) atoms. The Bertz CT molecular complexity index is 874. The Morgan fingerprint density at radius 3 is 2.79 bits per heavy atom. The van der Waals surface area contributed by atoms with Crippen LogP contribution in [-0.4, -0.2) is 28.0 Å². The van der Waals surface area contributed by atoms with Crippen LogP contribution in [0.25, 0.3) is 10.9 Å². The fourth-order valence-electron chi connectivity index (χ4n) is 2.11. The summed E-state index contributed by atoms with van der Waals surface area (Å²) in [5.74, 6) is 0.252. The minimum atomic E-state index is -0.192. The third-order valence-corrected chi connectivity index (χ3v) is 4.30. The predicted octanol–water partition coefficient (Wildman–Crippen LogP) is 3.18. The highest BCUT2D eigenvalue weighted by molar-refractivity contribution is 8.00. The van der Waals surface area contributed by atoms with Crippen molar-refractivity contribution >= 4 is 34.8 Å². The molecule has 3 aromatic rings. The second-order valence-electron chi connectivity index (χ2n) is 5.00. The van der Waals surface area contributed by atoms with Crippen LogP contribution in [0.15, 0.2) is 70.8 Å². The lowest BCUT2D eigenvalue weighted by Gasteiger charge is -2.04. The maximum absolute atomic E-state index is 11.9. The molecule has 0 aliphatic carbocycles. The van der Waals surface area contributed by atoms with Gasteiger partial charge in [-0.2, -0.15) is 5.10 Å². The van der Waals surface area contributed by atoms with E-state index in [1.54, 1.807) is 30.5 Å². The Balaban J connectivity index is 1.56. The number of carbonyl (C=O) groups excluding carboxylic acids is 1. The highest BCUT2D eigenvalue weighted by Crippen LogP contribution is 2.25. The van der Waals surface area contributed by atoms with E-state index in [1.807, 2.05) is 30.3 Å². The highest BCUT2D eigenvalue weighted by atomic mass is 32.2. The number of amides is 1. The second kappa shape index (κ2) is 7.61. The van der Waals surface area contributed by atoms with Crippen LogP contribution in [0.3, 0.4) is 0 Å². The summed E-state index contributed by atoms with van der Waals surface area (Å²) < 4.78 is 0. The van der Waals surface area contributed by atoms with Crippen LogP contribution in [0.2, 0.25) is 0 Å². The van der Waals surface area contributed by atoms with Gasteiger partial charge in [0.2, 0.25) is 5.91 Å². The Kier molecular flexibility index (Phi) is 5.08. The fourth-order valence-corrected chi connectivity index (χ4v) is 2.94. The van der Waals surface area contributed by atoms with Crippen molar-refractivity contribution < 1.29 is 9.90 Å². The molecule has 6 heteroatoms. The first-order valence-electron chi connectivity index (χ1n) is 7.30. The van der Waals surface area contributed by atoms with Crippen LogP contribution in [0.5, 0.6) is 5.75 Å². The van der Waals surface area contributed by atoms with Gasteiger partial charge in [0.15, 0.2) is 0 Å². The molecule has 0 bridgehead atoms. The first-order valence-corrected chi connectivity index (χ1v) is 8.28. The molecule has 5 nitrogen and oxygen atoms in total. The number of aromatic nitrogens is 1. The van der Waals surface area contributed by atoms with Crippen molar-refractivity contribution in [3.8, 4) is 5.75 Å². The largest absolute Gasteiger partial charge is 0.508 e. The zero-order chi connectivity index (χ0) is 16.8. The van der Waals surface area contributed by atoms with Gasteiger partial charge in [0.05, 0.1) is 17.5 Å². The zero-order valence-corrected chi connectivity index (χ0v) is 13.5. The van der Waals surface area contributed by atoms with Crippen LogP contribution in [0.1, 0.15) is 5.56 Å². The zero-order valence-electron chi connectivity index (χ0n) is 12.7. The van der Waals surface area contributed by atoms with Gasteiger partial charge in [0, 0.05) is 16.5 Å². The molecule has 0 aliphatic rings. The van der Waals surface area contributed by atoms with E-state index < -0.39 is 0 Å². The van der Waals surface area contributed by atoms with Crippen LogP contribution < -0.4 is 5.43 Å². The van der Waals surface area contributed by atoms with Gasteiger partial charge >= 0.3 is 0 Å². The van der Waals surface area contributed by atoms with Gasteiger partial charge in [-0.3, -0.25) is 9.78 Å². The molecule has 0 saturated heterocycles. The number of rotatable bonds is 5. The number of thioether (sulfide) groups is 1. The summed E-state index contributed by atoms with van der Waals surface area (Å²) in [6, 6.07) is 16.3. The first-order chi connectivity index (χ1) is 11.7. The number of carbonyl (C=O) groups is 1. The van der Waals surface area contributed by atoms with Crippen molar-refractivity contribution in [2.24, 2.45) is 5.10 Å². The molecule has 0 aliphatic heterocycles. The monoisotopic (exact) mass is 337 g/mol. The van der Waals surface area contributed by atoms with Crippen molar-refractivity contribution in [3.63, 3.8) is 0 Å². The molecule has 0 atom stereocenters. The average molecular weight is 337 g/mol. The number of hydrazone groups is 1. The van der Waals surface area contributed by atoms with Gasteiger partial charge < -0.3 is 5.11 Å². The number of para-hydroxylation sites is 1. The summed E-state index contributed by atoms with van der Waals surface area (Å²) in [7, 11) is 0. The number of hydrogen-bond donors (Lipinski definition) is 2. The van der Waals surface area contributed by atoms with Gasteiger partial charge in [0.25, 0.3) is 0 Å². The average Bonchev–Trinajstić information content (AvgIpc) is 2.61. The summed E-state index contributed by atoms with van der Waals surface area (Å²) in [6.07, 6.45) is 3.27. The van der Waals surface area contributed by atoms with Crippen molar-refractivity contribution in [2.45, 2.75) is 4.90 Å². The molecule has 0 fully saturated rings. The van der Waals surface area contributed by atoms with Crippen LogP contribution in [0.4, 0.5) is 0 Å². The van der Waals surface area contributed by atoms with E-state index in [4.69, 9.17) is 0 Å². The Morgan fingerprint density at radius 1 is 1.17 bits per heavy atom. The molecule has 1 heterocycles.